The first kappa shape index (κ1) is 25.4. The lowest BCUT2D eigenvalue weighted by Crippen LogP contribution is -2.29. The van der Waals surface area contributed by atoms with Gasteiger partial charge in [0.25, 0.3) is 0 Å². The van der Waals surface area contributed by atoms with Crippen LogP contribution >= 0.6 is 0 Å². The van der Waals surface area contributed by atoms with Crippen molar-refractivity contribution in [1.82, 2.24) is 24.2 Å². The Balaban J connectivity index is 1.50. The van der Waals surface area contributed by atoms with Crippen LogP contribution in [0.4, 0.5) is 19.0 Å². The van der Waals surface area contributed by atoms with Gasteiger partial charge in [0.1, 0.15) is 11.6 Å². The Hall–Kier alpha value is -3.19. The van der Waals surface area contributed by atoms with E-state index in [0.29, 0.717) is 24.3 Å². The van der Waals surface area contributed by atoms with Crippen molar-refractivity contribution >= 4 is 32.8 Å². The number of anilines is 1. The Morgan fingerprint density at radius 2 is 1.88 bits per heavy atom. The van der Waals surface area contributed by atoms with Crippen molar-refractivity contribution in [3.8, 4) is 0 Å². The number of benzene rings is 1. The summed E-state index contributed by atoms with van der Waals surface area (Å²) >= 11 is 0. The van der Waals surface area contributed by atoms with Gasteiger partial charge < -0.3 is 15.2 Å². The number of nitrogens with zero attached hydrogens (tertiary/aromatic N) is 4. The van der Waals surface area contributed by atoms with E-state index in [2.05, 4.69) is 20.6 Å². The molecule has 0 aliphatic rings. The number of aryl methyl sites for hydroxylation is 2. The summed E-state index contributed by atoms with van der Waals surface area (Å²) in [4.78, 5) is 20.5. The molecule has 0 atom stereocenters. The highest BCUT2D eigenvalue weighted by atomic mass is 32.2. The molecule has 0 fully saturated rings. The van der Waals surface area contributed by atoms with Crippen LogP contribution in [0.3, 0.4) is 0 Å². The molecule has 184 valence electrons. The summed E-state index contributed by atoms with van der Waals surface area (Å²) < 4.78 is 65.3. The number of hydrogen-bond donors (Lipinski definition) is 2. The number of pyridine rings is 1. The number of sulfonamides is 1. The molecule has 1 aromatic carbocycles. The fourth-order valence-corrected chi connectivity index (χ4v) is 4.12. The summed E-state index contributed by atoms with van der Waals surface area (Å²) in [6.07, 6.45) is -3.18. The van der Waals surface area contributed by atoms with E-state index in [1.165, 1.54) is 32.3 Å². The number of amides is 1. The highest BCUT2D eigenvalue weighted by molar-refractivity contribution is 7.89. The third kappa shape index (κ3) is 5.83. The summed E-state index contributed by atoms with van der Waals surface area (Å²) in [6, 6.07) is 6.88. The van der Waals surface area contributed by atoms with E-state index < -0.39 is 21.8 Å². The van der Waals surface area contributed by atoms with E-state index in [4.69, 9.17) is 0 Å². The van der Waals surface area contributed by atoms with Crippen molar-refractivity contribution in [3.63, 3.8) is 0 Å². The molecule has 2 N–H and O–H groups in total. The first-order valence-corrected chi connectivity index (χ1v) is 11.8. The van der Waals surface area contributed by atoms with Gasteiger partial charge in [-0.3, -0.25) is 4.79 Å². The van der Waals surface area contributed by atoms with Crippen molar-refractivity contribution in [3.05, 3.63) is 47.9 Å². The Bertz CT molecular complexity index is 1270. The van der Waals surface area contributed by atoms with Crippen LogP contribution in [0.5, 0.6) is 0 Å². The third-order valence-electron chi connectivity index (χ3n) is 5.14. The van der Waals surface area contributed by atoms with Crippen LogP contribution in [-0.4, -0.2) is 60.4 Å². The average molecular weight is 499 g/mol. The van der Waals surface area contributed by atoms with Crippen molar-refractivity contribution in [2.75, 3.05) is 32.5 Å². The topological polar surface area (TPSA) is 109 Å². The Morgan fingerprint density at radius 1 is 1.15 bits per heavy atom. The van der Waals surface area contributed by atoms with E-state index in [1.807, 2.05) is 4.57 Å². The smallest absolute Gasteiger partial charge is 0.368 e. The molecule has 2 aromatic heterocycles. The molecule has 1 amide bonds. The van der Waals surface area contributed by atoms with E-state index in [1.54, 1.807) is 13.1 Å². The molecule has 3 rings (SSSR count). The number of aromatic nitrogens is 3. The van der Waals surface area contributed by atoms with E-state index >= 15 is 0 Å². The molecule has 0 aliphatic heterocycles. The van der Waals surface area contributed by atoms with Crippen molar-refractivity contribution in [2.24, 2.45) is 7.05 Å². The van der Waals surface area contributed by atoms with Crippen molar-refractivity contribution in [2.45, 2.75) is 23.9 Å². The van der Waals surface area contributed by atoms with Gasteiger partial charge in [0, 0.05) is 53.3 Å². The first-order valence-electron chi connectivity index (χ1n) is 10.3. The molecule has 0 saturated heterocycles. The highest BCUT2D eigenvalue weighted by Gasteiger charge is 2.30. The summed E-state index contributed by atoms with van der Waals surface area (Å²) in [5, 5.41) is 5.56. The molecular formula is C21H25F3N6O3S. The zero-order valence-electron chi connectivity index (χ0n) is 18.8. The average Bonchev–Trinajstić information content (AvgIpc) is 3.09. The van der Waals surface area contributed by atoms with Gasteiger partial charge in [-0.05, 0) is 30.3 Å². The number of alkyl halides is 3. The lowest BCUT2D eigenvalue weighted by atomic mass is 10.2. The van der Waals surface area contributed by atoms with Crippen LogP contribution in [0, 0.1) is 0 Å². The zero-order chi connectivity index (χ0) is 25.1. The molecule has 34 heavy (non-hydrogen) atoms. The minimum atomic E-state index is -4.44. The van der Waals surface area contributed by atoms with Crippen LogP contribution in [-0.2, 0) is 34.5 Å². The number of rotatable bonds is 9. The molecule has 0 radical (unpaired) electrons. The van der Waals surface area contributed by atoms with Gasteiger partial charge in [0.05, 0.1) is 21.5 Å². The molecule has 9 nitrogen and oxygen atoms in total. The van der Waals surface area contributed by atoms with Crippen LogP contribution in [0.1, 0.15) is 17.8 Å². The SMILES string of the molecule is CN(C)S(=O)(=O)c1ccc2c(c1)nc(CCC(=O)NCCNc1ccc(C(F)(F)F)cn1)n2C. The van der Waals surface area contributed by atoms with Crippen LogP contribution in [0.15, 0.2) is 41.4 Å². The van der Waals surface area contributed by atoms with Gasteiger partial charge in [-0.1, -0.05) is 0 Å². The number of imidazole rings is 1. The Morgan fingerprint density at radius 3 is 2.50 bits per heavy atom. The minimum Gasteiger partial charge on any atom is -0.368 e. The van der Waals surface area contributed by atoms with E-state index in [9.17, 15) is 26.4 Å². The Kier molecular flexibility index (Phi) is 7.46. The van der Waals surface area contributed by atoms with E-state index in [0.717, 1.165) is 22.1 Å². The Labute approximate surface area is 195 Å². The van der Waals surface area contributed by atoms with Gasteiger partial charge in [-0.25, -0.2) is 22.7 Å². The van der Waals surface area contributed by atoms with Crippen molar-refractivity contribution < 1.29 is 26.4 Å². The number of fused-ring (bicyclic) bond motifs is 1. The first-order chi connectivity index (χ1) is 15.9. The summed E-state index contributed by atoms with van der Waals surface area (Å²) in [7, 11) is 1.13. The quantitative estimate of drug-likeness (QED) is 0.439. The fourth-order valence-electron chi connectivity index (χ4n) is 3.20. The summed E-state index contributed by atoms with van der Waals surface area (Å²) in [5.41, 5.74) is 0.444. The molecule has 0 bridgehead atoms. The summed E-state index contributed by atoms with van der Waals surface area (Å²) in [6.45, 7) is 0.551. The van der Waals surface area contributed by atoms with E-state index in [-0.39, 0.29) is 29.6 Å². The predicted molar refractivity (Wildman–Crippen MR) is 121 cm³/mol. The molecule has 0 unspecified atom stereocenters. The van der Waals surface area contributed by atoms with Gasteiger partial charge >= 0.3 is 6.18 Å². The molecule has 0 spiro atoms. The monoisotopic (exact) mass is 498 g/mol. The second-order valence-electron chi connectivity index (χ2n) is 7.73. The molecule has 3 aromatic rings. The van der Waals surface area contributed by atoms with Crippen molar-refractivity contribution in [1.29, 1.82) is 0 Å². The molecule has 0 aliphatic carbocycles. The summed E-state index contributed by atoms with van der Waals surface area (Å²) in [5.74, 6) is 0.694. The van der Waals surface area contributed by atoms with Gasteiger partial charge in [-0.2, -0.15) is 13.2 Å². The molecule has 13 heteroatoms. The second kappa shape index (κ2) is 9.97. The number of nitrogens with one attached hydrogen (secondary N) is 2. The number of hydrogen-bond acceptors (Lipinski definition) is 6. The molecular weight excluding hydrogens is 473 g/mol. The maximum Gasteiger partial charge on any atom is 0.417 e. The predicted octanol–water partition coefficient (Wildman–Crippen LogP) is 2.40. The molecule has 0 saturated carbocycles. The normalized spacial score (nSPS) is 12.3. The third-order valence-corrected chi connectivity index (χ3v) is 6.95. The highest BCUT2D eigenvalue weighted by Crippen LogP contribution is 2.28. The van der Waals surface area contributed by atoms with Gasteiger partial charge in [0.2, 0.25) is 15.9 Å². The fraction of sp³-hybridized carbons (Fsp3) is 0.381. The van der Waals surface area contributed by atoms with Gasteiger partial charge in [-0.15, -0.1) is 0 Å². The number of halogens is 3. The van der Waals surface area contributed by atoms with Gasteiger partial charge in [0.15, 0.2) is 0 Å². The minimum absolute atomic E-state index is 0.141. The van der Waals surface area contributed by atoms with Crippen LogP contribution in [0.2, 0.25) is 0 Å². The van der Waals surface area contributed by atoms with Crippen LogP contribution < -0.4 is 10.6 Å². The standard InChI is InChI=1S/C21H25F3N6O3S/c1-29(2)34(32,33)15-5-6-17-16(12-15)28-19(30(17)3)8-9-20(31)26-11-10-25-18-7-4-14(13-27-18)21(22,23)24/h4-7,12-13H,8-11H2,1-3H3,(H,25,27)(H,26,31). The number of carbonyl (C=O) groups excluding carboxylic acids is 1. The second-order valence-corrected chi connectivity index (χ2v) is 9.88. The molecule has 2 heterocycles. The number of carbonyl (C=O) groups is 1. The maximum atomic E-state index is 12.5. The lowest BCUT2D eigenvalue weighted by Gasteiger charge is -2.10. The zero-order valence-corrected chi connectivity index (χ0v) is 19.7. The largest absolute Gasteiger partial charge is 0.417 e. The van der Waals surface area contributed by atoms with Crippen LogP contribution in [0.25, 0.3) is 11.0 Å². The lowest BCUT2D eigenvalue weighted by molar-refractivity contribution is -0.137. The maximum absolute atomic E-state index is 12.5.